The first kappa shape index (κ1) is 17.7. The van der Waals surface area contributed by atoms with Crippen molar-refractivity contribution in [1.82, 2.24) is 20.4 Å². The Hall–Kier alpha value is -2.74. The fraction of sp³-hybridized carbons (Fsp3) is 0.474. The lowest BCUT2D eigenvalue weighted by molar-refractivity contribution is -0.127. The molecule has 2 saturated heterocycles. The fourth-order valence-corrected chi connectivity index (χ4v) is 3.99. The van der Waals surface area contributed by atoms with Crippen molar-refractivity contribution in [2.24, 2.45) is 5.92 Å². The lowest BCUT2D eigenvalue weighted by Crippen LogP contribution is -2.37. The van der Waals surface area contributed by atoms with E-state index in [-0.39, 0.29) is 24.0 Å². The first-order chi connectivity index (χ1) is 13.1. The number of fused-ring (bicyclic) bond motifs is 1. The van der Waals surface area contributed by atoms with E-state index in [0.717, 1.165) is 12.0 Å². The van der Waals surface area contributed by atoms with Gasteiger partial charge in [-0.1, -0.05) is 11.2 Å². The Bertz CT molecular complexity index is 831. The van der Waals surface area contributed by atoms with E-state index in [4.69, 9.17) is 9.26 Å². The Morgan fingerprint density at radius 1 is 1.37 bits per heavy atom. The number of nitrogens with one attached hydrogen (secondary N) is 1. The molecule has 3 atom stereocenters. The number of aromatic nitrogens is 2. The standard InChI is InChI=1S/C19H22N4O4/c1-11-16(12(2)27-22-11)19(25)23-10-14(17-15(23)5-7-26-17)18(24)21-9-13-4-3-6-20-8-13/h3-4,6,8,14-15,17H,5,7,9-10H2,1-2H3,(H,21,24)/t14-,15+,17-/m0/s1. The van der Waals surface area contributed by atoms with Crippen molar-refractivity contribution >= 4 is 11.8 Å². The molecule has 0 spiro atoms. The van der Waals surface area contributed by atoms with Gasteiger partial charge < -0.3 is 19.5 Å². The highest BCUT2D eigenvalue weighted by molar-refractivity contribution is 5.97. The third kappa shape index (κ3) is 3.21. The number of hydrogen-bond donors (Lipinski definition) is 1. The van der Waals surface area contributed by atoms with Gasteiger partial charge in [-0.15, -0.1) is 0 Å². The predicted octanol–water partition coefficient (Wildman–Crippen LogP) is 1.23. The second kappa shape index (κ2) is 7.11. The molecule has 2 aromatic rings. The molecule has 0 aromatic carbocycles. The second-order valence-corrected chi connectivity index (χ2v) is 7.03. The number of ether oxygens (including phenoxy) is 1. The quantitative estimate of drug-likeness (QED) is 0.869. The summed E-state index contributed by atoms with van der Waals surface area (Å²) in [5.41, 5.74) is 1.98. The predicted molar refractivity (Wildman–Crippen MR) is 94.7 cm³/mol. The molecule has 1 N–H and O–H groups in total. The highest BCUT2D eigenvalue weighted by atomic mass is 16.5. The molecule has 0 saturated carbocycles. The average Bonchev–Trinajstić information content (AvgIpc) is 3.36. The van der Waals surface area contributed by atoms with Gasteiger partial charge in [0, 0.05) is 32.1 Å². The molecule has 27 heavy (non-hydrogen) atoms. The lowest BCUT2D eigenvalue weighted by atomic mass is 10.0. The number of carbonyl (C=O) groups is 2. The SMILES string of the molecule is Cc1noc(C)c1C(=O)N1C[C@H](C(=O)NCc2cccnc2)[C@@H]2OCC[C@H]21. The van der Waals surface area contributed by atoms with Crippen LogP contribution in [-0.4, -0.2) is 52.2 Å². The van der Waals surface area contributed by atoms with Crippen molar-refractivity contribution in [2.75, 3.05) is 13.2 Å². The van der Waals surface area contributed by atoms with Crippen molar-refractivity contribution < 1.29 is 18.8 Å². The van der Waals surface area contributed by atoms with E-state index in [2.05, 4.69) is 15.5 Å². The minimum atomic E-state index is -0.390. The lowest BCUT2D eigenvalue weighted by Gasteiger charge is -2.22. The molecule has 2 aliphatic rings. The normalized spacial score (nSPS) is 24.1. The summed E-state index contributed by atoms with van der Waals surface area (Å²) in [4.78, 5) is 31.6. The topological polar surface area (TPSA) is 97.6 Å². The van der Waals surface area contributed by atoms with Gasteiger partial charge in [-0.05, 0) is 31.9 Å². The van der Waals surface area contributed by atoms with Gasteiger partial charge >= 0.3 is 0 Å². The van der Waals surface area contributed by atoms with E-state index in [0.29, 0.717) is 36.7 Å². The van der Waals surface area contributed by atoms with Crippen LogP contribution in [0.5, 0.6) is 0 Å². The van der Waals surface area contributed by atoms with E-state index < -0.39 is 5.92 Å². The van der Waals surface area contributed by atoms with Crippen molar-refractivity contribution in [3.63, 3.8) is 0 Å². The Morgan fingerprint density at radius 2 is 2.22 bits per heavy atom. The molecule has 4 rings (SSSR count). The molecule has 8 nitrogen and oxygen atoms in total. The van der Waals surface area contributed by atoms with Crippen LogP contribution in [0.15, 0.2) is 29.0 Å². The van der Waals surface area contributed by atoms with Crippen LogP contribution in [0.2, 0.25) is 0 Å². The minimum absolute atomic E-state index is 0.0969. The summed E-state index contributed by atoms with van der Waals surface area (Å²) in [6.07, 6.45) is 3.86. The van der Waals surface area contributed by atoms with Crippen LogP contribution in [0.1, 0.15) is 33.8 Å². The average molecular weight is 370 g/mol. The van der Waals surface area contributed by atoms with Crippen LogP contribution in [0.3, 0.4) is 0 Å². The number of carbonyl (C=O) groups excluding carboxylic acids is 2. The fourth-order valence-electron chi connectivity index (χ4n) is 3.99. The molecule has 4 heterocycles. The van der Waals surface area contributed by atoms with Crippen LogP contribution < -0.4 is 5.32 Å². The summed E-state index contributed by atoms with van der Waals surface area (Å²) in [6, 6.07) is 3.64. The molecule has 0 radical (unpaired) electrons. The second-order valence-electron chi connectivity index (χ2n) is 7.03. The van der Waals surface area contributed by atoms with Crippen LogP contribution in [0, 0.1) is 19.8 Å². The number of hydrogen-bond acceptors (Lipinski definition) is 6. The zero-order chi connectivity index (χ0) is 19.0. The van der Waals surface area contributed by atoms with Crippen LogP contribution >= 0.6 is 0 Å². The summed E-state index contributed by atoms with van der Waals surface area (Å²) >= 11 is 0. The van der Waals surface area contributed by atoms with E-state index in [1.165, 1.54) is 0 Å². The van der Waals surface area contributed by atoms with E-state index in [1.807, 2.05) is 12.1 Å². The molecular formula is C19H22N4O4. The van der Waals surface area contributed by atoms with Gasteiger partial charge in [0.05, 0.1) is 23.8 Å². The zero-order valence-corrected chi connectivity index (χ0v) is 15.3. The maximum Gasteiger partial charge on any atom is 0.259 e. The Labute approximate surface area is 156 Å². The van der Waals surface area contributed by atoms with Gasteiger partial charge in [0.25, 0.3) is 5.91 Å². The number of amides is 2. The third-order valence-corrected chi connectivity index (χ3v) is 5.33. The van der Waals surface area contributed by atoms with Crippen LogP contribution in [0.4, 0.5) is 0 Å². The number of rotatable bonds is 4. The molecule has 2 amide bonds. The first-order valence-electron chi connectivity index (χ1n) is 9.08. The van der Waals surface area contributed by atoms with Crippen molar-refractivity contribution in [2.45, 2.75) is 39.0 Å². The summed E-state index contributed by atoms with van der Waals surface area (Å²) < 4.78 is 11.0. The number of aryl methyl sites for hydroxylation is 2. The molecule has 142 valence electrons. The molecule has 0 bridgehead atoms. The zero-order valence-electron chi connectivity index (χ0n) is 15.3. The molecule has 2 aromatic heterocycles. The maximum absolute atomic E-state index is 13.1. The summed E-state index contributed by atoms with van der Waals surface area (Å²) in [7, 11) is 0. The number of likely N-dealkylation sites (tertiary alicyclic amines) is 1. The van der Waals surface area contributed by atoms with Crippen LogP contribution in [0.25, 0.3) is 0 Å². The molecular weight excluding hydrogens is 348 g/mol. The van der Waals surface area contributed by atoms with Gasteiger partial charge in [-0.2, -0.15) is 0 Å². The number of nitrogens with zero attached hydrogens (tertiary/aromatic N) is 3. The van der Waals surface area contributed by atoms with Crippen LogP contribution in [-0.2, 0) is 16.1 Å². The third-order valence-electron chi connectivity index (χ3n) is 5.33. The van der Waals surface area contributed by atoms with Gasteiger partial charge in [0.15, 0.2) is 0 Å². The Balaban J connectivity index is 1.49. The highest BCUT2D eigenvalue weighted by Gasteiger charge is 2.51. The summed E-state index contributed by atoms with van der Waals surface area (Å²) in [5.74, 6) is -0.143. The van der Waals surface area contributed by atoms with Gasteiger partial charge in [0.2, 0.25) is 5.91 Å². The molecule has 8 heteroatoms. The molecule has 2 fully saturated rings. The first-order valence-corrected chi connectivity index (χ1v) is 9.08. The van der Waals surface area contributed by atoms with Crippen molar-refractivity contribution in [3.05, 3.63) is 47.1 Å². The molecule has 2 aliphatic heterocycles. The molecule has 0 unspecified atom stereocenters. The maximum atomic E-state index is 13.1. The van der Waals surface area contributed by atoms with Gasteiger partial charge in [0.1, 0.15) is 11.3 Å². The highest BCUT2D eigenvalue weighted by Crippen LogP contribution is 2.35. The smallest absolute Gasteiger partial charge is 0.259 e. The minimum Gasteiger partial charge on any atom is -0.375 e. The monoisotopic (exact) mass is 370 g/mol. The van der Waals surface area contributed by atoms with Gasteiger partial charge in [-0.3, -0.25) is 14.6 Å². The largest absolute Gasteiger partial charge is 0.375 e. The van der Waals surface area contributed by atoms with Crippen molar-refractivity contribution in [3.8, 4) is 0 Å². The number of pyridine rings is 1. The summed E-state index contributed by atoms with van der Waals surface area (Å²) in [6.45, 7) is 4.76. The summed E-state index contributed by atoms with van der Waals surface area (Å²) in [5, 5.41) is 6.82. The Kier molecular flexibility index (Phi) is 4.65. The van der Waals surface area contributed by atoms with E-state index in [9.17, 15) is 9.59 Å². The van der Waals surface area contributed by atoms with Crippen molar-refractivity contribution in [1.29, 1.82) is 0 Å². The van der Waals surface area contributed by atoms with Gasteiger partial charge in [-0.25, -0.2) is 0 Å². The van der Waals surface area contributed by atoms with E-state index >= 15 is 0 Å². The Morgan fingerprint density at radius 3 is 2.93 bits per heavy atom. The molecule has 0 aliphatic carbocycles. The van der Waals surface area contributed by atoms with E-state index in [1.54, 1.807) is 31.1 Å².